The second-order valence-corrected chi connectivity index (χ2v) is 5.12. The summed E-state index contributed by atoms with van der Waals surface area (Å²) in [6, 6.07) is 8.14. The molecule has 0 N–H and O–H groups in total. The van der Waals surface area contributed by atoms with Gasteiger partial charge >= 0.3 is 0 Å². The summed E-state index contributed by atoms with van der Waals surface area (Å²) in [7, 11) is 0. The van der Waals surface area contributed by atoms with Crippen molar-refractivity contribution < 1.29 is 0 Å². The lowest BCUT2D eigenvalue weighted by Crippen LogP contribution is -1.75. The molecule has 0 saturated carbocycles. The Bertz CT molecular complexity index is 437. The van der Waals surface area contributed by atoms with Gasteiger partial charge in [-0.25, -0.2) is 9.38 Å². The molecule has 0 bridgehead atoms. The SMILES string of the molecule is CC(C)=NSc1nc2ccccc2s1. The summed E-state index contributed by atoms with van der Waals surface area (Å²) in [4.78, 5) is 4.46. The lowest BCUT2D eigenvalue weighted by molar-refractivity contribution is 1.30. The zero-order chi connectivity index (χ0) is 9.97. The zero-order valence-electron chi connectivity index (χ0n) is 8.02. The first-order valence-corrected chi connectivity index (χ1v) is 5.88. The minimum Gasteiger partial charge on any atom is -0.228 e. The average Bonchev–Trinajstić information content (AvgIpc) is 2.57. The molecule has 0 amide bonds. The van der Waals surface area contributed by atoms with Crippen molar-refractivity contribution in [2.24, 2.45) is 4.40 Å². The van der Waals surface area contributed by atoms with Gasteiger partial charge in [0.05, 0.1) is 10.2 Å². The minimum absolute atomic E-state index is 1.01. The van der Waals surface area contributed by atoms with Gasteiger partial charge in [0, 0.05) is 17.7 Å². The first-order chi connectivity index (χ1) is 6.75. The van der Waals surface area contributed by atoms with Crippen LogP contribution in [0.1, 0.15) is 13.8 Å². The Balaban J connectivity index is 2.31. The van der Waals surface area contributed by atoms with Crippen molar-refractivity contribution in [3.05, 3.63) is 24.3 Å². The highest BCUT2D eigenvalue weighted by molar-refractivity contribution is 8.00. The lowest BCUT2D eigenvalue weighted by Gasteiger charge is -1.86. The van der Waals surface area contributed by atoms with Gasteiger partial charge in [0.1, 0.15) is 0 Å². The molecule has 0 atom stereocenters. The van der Waals surface area contributed by atoms with Gasteiger partial charge in [0.2, 0.25) is 0 Å². The van der Waals surface area contributed by atoms with Gasteiger partial charge in [-0.05, 0) is 26.0 Å². The average molecular weight is 222 g/mol. The minimum atomic E-state index is 1.01. The van der Waals surface area contributed by atoms with Crippen LogP contribution in [0.15, 0.2) is 33.0 Å². The Morgan fingerprint density at radius 2 is 2.14 bits per heavy atom. The first kappa shape index (κ1) is 9.68. The van der Waals surface area contributed by atoms with E-state index >= 15 is 0 Å². The lowest BCUT2D eigenvalue weighted by atomic mass is 10.3. The van der Waals surface area contributed by atoms with Gasteiger partial charge < -0.3 is 0 Å². The highest BCUT2D eigenvalue weighted by Crippen LogP contribution is 2.29. The molecule has 4 heteroatoms. The maximum atomic E-state index is 4.46. The number of rotatable bonds is 2. The van der Waals surface area contributed by atoms with Crippen molar-refractivity contribution in [3.63, 3.8) is 0 Å². The quantitative estimate of drug-likeness (QED) is 0.570. The Morgan fingerprint density at radius 3 is 2.86 bits per heavy atom. The summed E-state index contributed by atoms with van der Waals surface area (Å²) < 4.78 is 6.50. The van der Waals surface area contributed by atoms with E-state index in [2.05, 4.69) is 15.4 Å². The number of nitrogens with zero attached hydrogens (tertiary/aromatic N) is 2. The summed E-state index contributed by atoms with van der Waals surface area (Å²) in [6.45, 7) is 3.97. The van der Waals surface area contributed by atoms with Crippen LogP contribution >= 0.6 is 23.3 Å². The Labute approximate surface area is 91.2 Å². The summed E-state index contributed by atoms with van der Waals surface area (Å²) in [5, 5.41) is 0. The molecule has 1 aromatic carbocycles. The molecule has 0 saturated heterocycles. The van der Waals surface area contributed by atoms with E-state index in [1.807, 2.05) is 32.0 Å². The van der Waals surface area contributed by atoms with Gasteiger partial charge in [0.25, 0.3) is 0 Å². The van der Waals surface area contributed by atoms with Crippen LogP contribution in [0, 0.1) is 0 Å². The van der Waals surface area contributed by atoms with Gasteiger partial charge in [-0.15, -0.1) is 11.3 Å². The van der Waals surface area contributed by atoms with Crippen LogP contribution in [-0.4, -0.2) is 10.7 Å². The summed E-state index contributed by atoms with van der Waals surface area (Å²) in [6.07, 6.45) is 0. The molecule has 2 aromatic rings. The van der Waals surface area contributed by atoms with Gasteiger partial charge in [-0.3, -0.25) is 0 Å². The third-order valence-electron chi connectivity index (χ3n) is 1.58. The van der Waals surface area contributed by atoms with Crippen LogP contribution in [0.2, 0.25) is 0 Å². The molecule has 1 heterocycles. The van der Waals surface area contributed by atoms with Crippen LogP contribution in [0.3, 0.4) is 0 Å². The summed E-state index contributed by atoms with van der Waals surface area (Å²) >= 11 is 3.13. The molecule has 2 rings (SSSR count). The molecule has 0 aliphatic rings. The van der Waals surface area contributed by atoms with Crippen molar-refractivity contribution >= 4 is 39.2 Å². The first-order valence-electron chi connectivity index (χ1n) is 4.29. The third-order valence-corrected chi connectivity index (χ3v) is 3.59. The second kappa shape index (κ2) is 4.11. The van der Waals surface area contributed by atoms with Crippen molar-refractivity contribution in [2.75, 3.05) is 0 Å². The Kier molecular flexibility index (Phi) is 2.84. The van der Waals surface area contributed by atoms with Crippen LogP contribution < -0.4 is 0 Å². The van der Waals surface area contributed by atoms with Crippen molar-refractivity contribution in [1.82, 2.24) is 4.98 Å². The van der Waals surface area contributed by atoms with Gasteiger partial charge in [-0.1, -0.05) is 12.1 Å². The predicted molar refractivity (Wildman–Crippen MR) is 64.3 cm³/mol. The molecule has 0 fully saturated rings. The monoisotopic (exact) mass is 222 g/mol. The topological polar surface area (TPSA) is 25.2 Å². The molecule has 0 aliphatic carbocycles. The molecule has 2 nitrogen and oxygen atoms in total. The maximum absolute atomic E-state index is 4.46. The fourth-order valence-electron chi connectivity index (χ4n) is 1.02. The Hall–Kier alpha value is -0.870. The van der Waals surface area contributed by atoms with E-state index in [0.717, 1.165) is 15.6 Å². The highest BCUT2D eigenvalue weighted by Gasteiger charge is 2.02. The van der Waals surface area contributed by atoms with E-state index in [4.69, 9.17) is 0 Å². The van der Waals surface area contributed by atoms with Gasteiger partial charge in [0.15, 0.2) is 4.34 Å². The zero-order valence-corrected chi connectivity index (χ0v) is 9.65. The summed E-state index contributed by atoms with van der Waals surface area (Å²) in [5.41, 5.74) is 2.12. The molecule has 0 unspecified atom stereocenters. The van der Waals surface area contributed by atoms with Gasteiger partial charge in [-0.2, -0.15) is 0 Å². The largest absolute Gasteiger partial charge is 0.228 e. The van der Waals surface area contributed by atoms with E-state index in [1.165, 1.54) is 16.6 Å². The van der Waals surface area contributed by atoms with Crippen LogP contribution in [0.4, 0.5) is 0 Å². The second-order valence-electron chi connectivity index (χ2n) is 3.08. The van der Waals surface area contributed by atoms with E-state index in [-0.39, 0.29) is 0 Å². The molecule has 0 spiro atoms. The molecule has 14 heavy (non-hydrogen) atoms. The number of hydrogen-bond acceptors (Lipinski definition) is 4. The van der Waals surface area contributed by atoms with E-state index in [0.29, 0.717) is 0 Å². The predicted octanol–water partition coefficient (Wildman–Crippen LogP) is 3.78. The van der Waals surface area contributed by atoms with E-state index in [1.54, 1.807) is 11.3 Å². The third kappa shape index (κ3) is 2.13. The fourth-order valence-corrected chi connectivity index (χ4v) is 2.65. The normalized spacial score (nSPS) is 10.4. The fraction of sp³-hybridized carbons (Fsp3) is 0.200. The maximum Gasteiger partial charge on any atom is 0.173 e. The van der Waals surface area contributed by atoms with E-state index in [9.17, 15) is 0 Å². The van der Waals surface area contributed by atoms with Crippen LogP contribution in [-0.2, 0) is 0 Å². The smallest absolute Gasteiger partial charge is 0.173 e. The van der Waals surface area contributed by atoms with Crippen molar-refractivity contribution in [2.45, 2.75) is 18.2 Å². The highest BCUT2D eigenvalue weighted by atomic mass is 32.2. The molecular formula is C10H10N2S2. The summed E-state index contributed by atoms with van der Waals surface area (Å²) in [5.74, 6) is 0. The molecule has 0 aliphatic heterocycles. The number of para-hydroxylation sites is 1. The standard InChI is InChI=1S/C10H10N2S2/c1-7(2)12-14-10-11-8-5-3-4-6-9(8)13-10/h3-6H,1-2H3. The van der Waals surface area contributed by atoms with Crippen molar-refractivity contribution in [1.29, 1.82) is 0 Å². The molecule has 72 valence electrons. The number of thiazole rings is 1. The Morgan fingerprint density at radius 1 is 1.36 bits per heavy atom. The molecule has 0 radical (unpaired) electrons. The number of hydrogen-bond donors (Lipinski definition) is 0. The van der Waals surface area contributed by atoms with Crippen molar-refractivity contribution in [3.8, 4) is 0 Å². The number of benzene rings is 1. The molecular weight excluding hydrogens is 212 g/mol. The van der Waals surface area contributed by atoms with E-state index < -0.39 is 0 Å². The molecule has 1 aromatic heterocycles. The number of aromatic nitrogens is 1. The van der Waals surface area contributed by atoms with Crippen LogP contribution in [0.5, 0.6) is 0 Å². The van der Waals surface area contributed by atoms with Crippen LogP contribution in [0.25, 0.3) is 10.2 Å². The number of fused-ring (bicyclic) bond motifs is 1.